The largest absolute Gasteiger partial charge is 0.460 e. The maximum absolute atomic E-state index is 15.0. The van der Waals surface area contributed by atoms with Crippen molar-refractivity contribution >= 4 is 37.4 Å². The van der Waals surface area contributed by atoms with Crippen LogP contribution in [0.15, 0.2) is 47.4 Å². The van der Waals surface area contributed by atoms with Crippen LogP contribution in [0.5, 0.6) is 0 Å². The molecule has 7 nitrogen and oxygen atoms in total. The van der Waals surface area contributed by atoms with Gasteiger partial charge in [0.15, 0.2) is 9.84 Å². The van der Waals surface area contributed by atoms with E-state index >= 15 is 0 Å². The Kier molecular flexibility index (Phi) is 7.49. The van der Waals surface area contributed by atoms with E-state index in [1.807, 2.05) is 0 Å². The zero-order chi connectivity index (χ0) is 26.3. The average molecular weight is 562 g/mol. The molecule has 0 atom stereocenters. The Morgan fingerprint density at radius 3 is 2.25 bits per heavy atom. The van der Waals surface area contributed by atoms with Gasteiger partial charge in [0.25, 0.3) is 0 Å². The van der Waals surface area contributed by atoms with Gasteiger partial charge in [-0.15, -0.1) is 0 Å². The van der Waals surface area contributed by atoms with Crippen LogP contribution in [0.3, 0.4) is 0 Å². The highest BCUT2D eigenvalue weighted by molar-refractivity contribution is 7.92. The lowest BCUT2D eigenvalue weighted by atomic mass is 9.78. The molecule has 0 N–H and O–H groups in total. The van der Waals surface area contributed by atoms with Gasteiger partial charge in [-0.2, -0.15) is 4.31 Å². The van der Waals surface area contributed by atoms with Crippen molar-refractivity contribution in [3.63, 3.8) is 0 Å². The fourth-order valence-corrected chi connectivity index (χ4v) is 9.24. The predicted octanol–water partition coefficient (Wildman–Crippen LogP) is 4.05. The summed E-state index contributed by atoms with van der Waals surface area (Å²) in [6.45, 7) is 1.42. The number of nitrogens with zero attached hydrogens (tertiary/aromatic N) is 1. The van der Waals surface area contributed by atoms with Crippen LogP contribution in [-0.4, -0.2) is 52.1 Å². The van der Waals surface area contributed by atoms with E-state index in [-0.39, 0.29) is 60.9 Å². The Morgan fingerprint density at radius 1 is 1.06 bits per heavy atom. The molecule has 2 aromatic rings. The number of carbonyl (C=O) groups excluding carboxylic acids is 1. The fraction of sp³-hybridized carbons (Fsp3) is 0.458. The number of carbonyl (C=O) groups is 1. The number of esters is 1. The number of hydrogen-bond donors (Lipinski definition) is 0. The number of ether oxygens (including phenoxy) is 1. The lowest BCUT2D eigenvalue weighted by molar-refractivity contribution is -0.151. The minimum atomic E-state index is -4.20. The Hall–Kier alpha value is -2.08. The van der Waals surface area contributed by atoms with Crippen LogP contribution in [0.25, 0.3) is 0 Å². The van der Waals surface area contributed by atoms with Gasteiger partial charge in [0.2, 0.25) is 10.0 Å². The van der Waals surface area contributed by atoms with Crippen LogP contribution in [0.1, 0.15) is 38.2 Å². The topological polar surface area (TPSA) is 97.8 Å². The molecule has 2 aromatic carbocycles. The molecule has 0 radical (unpaired) electrons. The van der Waals surface area contributed by atoms with Gasteiger partial charge in [-0.25, -0.2) is 25.6 Å². The van der Waals surface area contributed by atoms with E-state index in [1.165, 1.54) is 35.5 Å². The second-order valence-corrected chi connectivity index (χ2v) is 14.1. The number of rotatable bonds is 7. The van der Waals surface area contributed by atoms with Crippen molar-refractivity contribution in [1.29, 1.82) is 0 Å². The summed E-state index contributed by atoms with van der Waals surface area (Å²) in [4.78, 5) is 11.0. The predicted molar refractivity (Wildman–Crippen MR) is 130 cm³/mol. The SMILES string of the molecule is CC(=O)OC1CN(S(=O)(=O)CC2CCC(c3cc(F)ccc3F)(S(=O)(=O)c3ccc(Cl)cc3)CC2)C1. The van der Waals surface area contributed by atoms with Gasteiger partial charge < -0.3 is 4.74 Å². The smallest absolute Gasteiger partial charge is 0.302 e. The molecule has 2 fully saturated rings. The Bertz CT molecular complexity index is 1350. The average Bonchev–Trinajstić information content (AvgIpc) is 2.78. The standard InChI is InChI=1S/C24H26ClF2NO6S2/c1-16(29)34-20-13-28(14-20)35(30,31)15-17-8-10-24(11-9-17,22-12-19(26)4-7-23(22)27)36(32,33)21-5-2-18(25)3-6-21/h2-7,12,17,20H,8-11,13-15H2,1H3. The third-order valence-electron chi connectivity index (χ3n) is 6.96. The van der Waals surface area contributed by atoms with Crippen molar-refractivity contribution in [3.05, 3.63) is 64.7 Å². The molecule has 1 aliphatic carbocycles. The molecule has 0 spiro atoms. The number of halogens is 3. The summed E-state index contributed by atoms with van der Waals surface area (Å²) >= 11 is 5.91. The number of hydrogen-bond acceptors (Lipinski definition) is 6. The molecular weight excluding hydrogens is 536 g/mol. The number of benzene rings is 2. The molecule has 196 valence electrons. The van der Waals surface area contributed by atoms with E-state index in [2.05, 4.69) is 0 Å². The van der Waals surface area contributed by atoms with Gasteiger partial charge in [-0.1, -0.05) is 11.6 Å². The van der Waals surface area contributed by atoms with Crippen molar-refractivity contribution in [2.75, 3.05) is 18.8 Å². The van der Waals surface area contributed by atoms with Crippen molar-refractivity contribution < 1.29 is 35.1 Å². The van der Waals surface area contributed by atoms with E-state index in [1.54, 1.807) is 0 Å². The number of sulfonamides is 1. The second kappa shape index (κ2) is 10.00. The van der Waals surface area contributed by atoms with E-state index in [0.717, 1.165) is 18.2 Å². The molecule has 1 saturated heterocycles. The summed E-state index contributed by atoms with van der Waals surface area (Å²) in [6.07, 6.45) is -0.257. The van der Waals surface area contributed by atoms with Crippen LogP contribution in [-0.2, 0) is 34.1 Å². The molecule has 0 unspecified atom stereocenters. The zero-order valence-electron chi connectivity index (χ0n) is 19.5. The van der Waals surface area contributed by atoms with Gasteiger partial charge in [-0.3, -0.25) is 4.79 Å². The second-order valence-electron chi connectivity index (χ2n) is 9.35. The van der Waals surface area contributed by atoms with E-state index in [9.17, 15) is 30.4 Å². The van der Waals surface area contributed by atoms with Crippen LogP contribution < -0.4 is 0 Å². The van der Waals surface area contributed by atoms with E-state index < -0.39 is 48.3 Å². The van der Waals surface area contributed by atoms with Gasteiger partial charge in [0, 0.05) is 17.5 Å². The molecular formula is C24H26ClF2NO6S2. The maximum atomic E-state index is 15.0. The lowest BCUT2D eigenvalue weighted by Crippen LogP contribution is -2.56. The lowest BCUT2D eigenvalue weighted by Gasteiger charge is -2.41. The Morgan fingerprint density at radius 2 is 1.67 bits per heavy atom. The third-order valence-corrected chi connectivity index (χ3v) is 11.7. The van der Waals surface area contributed by atoms with Crippen LogP contribution >= 0.6 is 11.6 Å². The summed E-state index contributed by atoms with van der Waals surface area (Å²) in [5, 5.41) is 0.329. The quantitative estimate of drug-likeness (QED) is 0.473. The van der Waals surface area contributed by atoms with Crippen molar-refractivity contribution in [2.45, 2.75) is 48.4 Å². The first-order chi connectivity index (χ1) is 16.8. The molecule has 2 aliphatic rings. The molecule has 0 aromatic heterocycles. The summed E-state index contributed by atoms with van der Waals surface area (Å²) in [5.74, 6) is -2.65. The maximum Gasteiger partial charge on any atom is 0.302 e. The van der Waals surface area contributed by atoms with Crippen molar-refractivity contribution in [3.8, 4) is 0 Å². The van der Waals surface area contributed by atoms with Gasteiger partial charge >= 0.3 is 5.97 Å². The van der Waals surface area contributed by atoms with Crippen LogP contribution in [0.4, 0.5) is 8.78 Å². The van der Waals surface area contributed by atoms with E-state index in [0.29, 0.717) is 5.02 Å². The summed E-state index contributed by atoms with van der Waals surface area (Å²) in [5.41, 5.74) is -0.259. The monoisotopic (exact) mass is 561 g/mol. The number of sulfone groups is 1. The van der Waals surface area contributed by atoms with Gasteiger partial charge in [-0.05, 0) is 74.1 Å². The van der Waals surface area contributed by atoms with Crippen molar-refractivity contribution in [1.82, 2.24) is 4.31 Å². The molecule has 0 amide bonds. The minimum Gasteiger partial charge on any atom is -0.460 e. The van der Waals surface area contributed by atoms with Gasteiger partial charge in [0.1, 0.15) is 22.5 Å². The first kappa shape index (κ1) is 27.0. The first-order valence-corrected chi connectivity index (χ1v) is 14.9. The zero-order valence-corrected chi connectivity index (χ0v) is 21.9. The minimum absolute atomic E-state index is 0.0706. The Balaban J connectivity index is 1.58. The first-order valence-electron chi connectivity index (χ1n) is 11.4. The molecule has 36 heavy (non-hydrogen) atoms. The molecule has 12 heteroatoms. The normalized spacial score (nSPS) is 23.7. The highest BCUT2D eigenvalue weighted by Crippen LogP contribution is 2.49. The van der Waals surface area contributed by atoms with E-state index in [4.69, 9.17) is 16.3 Å². The third kappa shape index (κ3) is 5.16. The van der Waals surface area contributed by atoms with Crippen LogP contribution in [0.2, 0.25) is 5.02 Å². The molecule has 1 aliphatic heterocycles. The van der Waals surface area contributed by atoms with Gasteiger partial charge in [0.05, 0.1) is 23.7 Å². The summed E-state index contributed by atoms with van der Waals surface area (Å²) in [6, 6.07) is 8.23. The van der Waals surface area contributed by atoms with Crippen LogP contribution in [0, 0.1) is 17.6 Å². The Labute approximate surface area is 214 Å². The molecule has 4 rings (SSSR count). The summed E-state index contributed by atoms with van der Waals surface area (Å²) in [7, 11) is -7.86. The molecule has 0 bridgehead atoms. The molecule has 1 saturated carbocycles. The molecule has 1 heterocycles. The highest BCUT2D eigenvalue weighted by atomic mass is 35.5. The fourth-order valence-electron chi connectivity index (χ4n) is 5.02. The summed E-state index contributed by atoms with van der Waals surface area (Å²) < 4.78 is 87.0. The van der Waals surface area contributed by atoms with Crippen molar-refractivity contribution in [2.24, 2.45) is 5.92 Å². The highest BCUT2D eigenvalue weighted by Gasteiger charge is 2.51.